The number of hydrogen-bond donors (Lipinski definition) is 0. The third kappa shape index (κ3) is 1110. The predicted molar refractivity (Wildman–Crippen MR) is 59.2 cm³/mol. The zero-order valence-corrected chi connectivity index (χ0v) is 21.4. The van der Waals surface area contributed by atoms with Gasteiger partial charge in [0.15, 0.2) is 0 Å². The van der Waals surface area contributed by atoms with Crippen molar-refractivity contribution < 1.29 is 87.2 Å². The first kappa shape index (κ1) is 50.9. The maximum Gasteiger partial charge on any atom is 2.00 e. The topological polar surface area (TPSA) is 321 Å². The van der Waals surface area contributed by atoms with Gasteiger partial charge < -0.3 is 36.4 Å². The third-order valence-electron chi connectivity index (χ3n) is 0. The molecule has 0 aromatic heterocycles. The Morgan fingerprint density at radius 2 is 0.333 bits per heavy atom. The van der Waals surface area contributed by atoms with E-state index in [0.717, 1.165) is 0 Å². The first-order chi connectivity index (χ1) is 8.00. The molecule has 0 N–H and O–H groups in total. The van der Waals surface area contributed by atoms with Crippen molar-refractivity contribution in [3.63, 3.8) is 0 Å². The average molecular weight is 568 g/mol. The second-order valence-electron chi connectivity index (χ2n) is 1.63. The second kappa shape index (κ2) is 23.1. The van der Waals surface area contributed by atoms with E-state index in [1.54, 1.807) is 0 Å². The van der Waals surface area contributed by atoms with Gasteiger partial charge in [0.2, 0.25) is 0 Å². The molecular formula is Ca3CuO16S4. The van der Waals surface area contributed by atoms with Crippen LogP contribution in [0.3, 0.4) is 0 Å². The fourth-order valence-electron chi connectivity index (χ4n) is 0. The molecule has 0 bridgehead atoms. The quantitative estimate of drug-likeness (QED) is 0.149. The number of rotatable bonds is 0. The van der Waals surface area contributed by atoms with E-state index in [4.69, 9.17) is 70.1 Å². The SMILES string of the molecule is O=S(=O)([O-])[O-].O=S(=O)([O-])[O-].O=S(=O)([O-])[O-].O=S(=O)([O-])[O-].[Ca+2].[Ca+2].[Ca+2].[Cu+2]. The average Bonchev–Trinajstić information content (AvgIpc) is 1.62. The molecule has 0 amide bonds. The molecule has 24 heavy (non-hydrogen) atoms. The Kier molecular flexibility index (Phi) is 48.9. The zero-order valence-electron chi connectivity index (χ0n) is 10.6. The summed E-state index contributed by atoms with van der Waals surface area (Å²) in [5.74, 6) is 0. The van der Waals surface area contributed by atoms with Gasteiger partial charge in [-0.2, -0.15) is 0 Å². The third-order valence-corrected chi connectivity index (χ3v) is 0. The predicted octanol–water partition coefficient (Wildman–Crippen LogP) is -6.50. The molecular weight excluding hydrogens is 568 g/mol. The molecule has 0 unspecified atom stereocenters. The van der Waals surface area contributed by atoms with Crippen LogP contribution in [-0.2, 0) is 58.7 Å². The molecule has 0 aromatic carbocycles. The van der Waals surface area contributed by atoms with Gasteiger partial charge in [0.05, 0.1) is 0 Å². The van der Waals surface area contributed by atoms with Crippen LogP contribution < -0.4 is 0 Å². The Morgan fingerprint density at radius 3 is 0.333 bits per heavy atom. The Bertz CT molecular complexity index is 486. The van der Waals surface area contributed by atoms with Crippen molar-refractivity contribution in [3.8, 4) is 0 Å². The van der Waals surface area contributed by atoms with Crippen molar-refractivity contribution >= 4 is 155 Å². The van der Waals surface area contributed by atoms with Crippen LogP contribution in [0.4, 0.5) is 0 Å². The molecule has 0 heterocycles. The maximum absolute atomic E-state index is 8.52. The molecule has 1 radical (unpaired) electrons. The van der Waals surface area contributed by atoms with Crippen LogP contribution in [0.5, 0.6) is 0 Å². The summed E-state index contributed by atoms with van der Waals surface area (Å²) in [5, 5.41) is 0. The van der Waals surface area contributed by atoms with E-state index < -0.39 is 41.6 Å². The van der Waals surface area contributed by atoms with Gasteiger partial charge in [-0.1, -0.05) is 0 Å². The summed E-state index contributed by atoms with van der Waals surface area (Å²) in [5.41, 5.74) is 0. The summed E-state index contributed by atoms with van der Waals surface area (Å²) in [6.07, 6.45) is 0. The van der Waals surface area contributed by atoms with E-state index >= 15 is 0 Å². The second-order valence-corrected chi connectivity index (χ2v) is 4.90. The molecule has 137 valence electrons. The normalized spacial score (nSPS) is 9.67. The van der Waals surface area contributed by atoms with Gasteiger partial charge in [-0.3, -0.25) is 33.7 Å². The summed E-state index contributed by atoms with van der Waals surface area (Å²) in [6, 6.07) is 0. The van der Waals surface area contributed by atoms with Crippen LogP contribution in [-0.4, -0.2) is 183 Å². The summed E-state index contributed by atoms with van der Waals surface area (Å²) >= 11 is 0. The fraction of sp³-hybridized carbons (Fsp3) is 0. The minimum absolute atomic E-state index is 0. The molecule has 0 saturated heterocycles. The monoisotopic (exact) mass is 567 g/mol. The molecule has 0 aliphatic rings. The van der Waals surface area contributed by atoms with E-state index in [-0.39, 0.29) is 130 Å². The molecule has 0 aliphatic carbocycles. The summed E-state index contributed by atoms with van der Waals surface area (Å²) in [7, 11) is -20.7. The summed E-state index contributed by atoms with van der Waals surface area (Å²) in [6.45, 7) is 0. The van der Waals surface area contributed by atoms with Crippen LogP contribution >= 0.6 is 0 Å². The largest absolute Gasteiger partial charge is 2.00 e. The van der Waals surface area contributed by atoms with E-state index in [9.17, 15) is 0 Å². The molecule has 0 fully saturated rings. The van der Waals surface area contributed by atoms with Crippen LogP contribution in [0.1, 0.15) is 0 Å². The van der Waals surface area contributed by atoms with Crippen molar-refractivity contribution in [2.24, 2.45) is 0 Å². The Hall–Kier alpha value is 3.78. The summed E-state index contributed by atoms with van der Waals surface area (Å²) < 4.78 is 136. The van der Waals surface area contributed by atoms with Crippen molar-refractivity contribution in [1.29, 1.82) is 0 Å². The standard InChI is InChI=1S/3Ca.Cu.4H2O4S/c;;;;4*1-5(2,3)4/h;;;;4*(H2,1,2,3,4)/q4*+2;;;;/p-8. The van der Waals surface area contributed by atoms with Crippen molar-refractivity contribution in [3.05, 3.63) is 0 Å². The van der Waals surface area contributed by atoms with Crippen LogP contribution in [0.15, 0.2) is 0 Å². The van der Waals surface area contributed by atoms with Crippen molar-refractivity contribution in [1.82, 2.24) is 0 Å². The Balaban J connectivity index is -0.0000000225. The van der Waals surface area contributed by atoms with Crippen LogP contribution in [0.2, 0.25) is 0 Å². The van der Waals surface area contributed by atoms with Gasteiger partial charge in [-0.05, 0) is 0 Å². The molecule has 0 spiro atoms. The van der Waals surface area contributed by atoms with Crippen molar-refractivity contribution in [2.75, 3.05) is 0 Å². The van der Waals surface area contributed by atoms with Gasteiger partial charge in [0.25, 0.3) is 0 Å². The summed E-state index contributed by atoms with van der Waals surface area (Å²) in [4.78, 5) is 0. The molecule has 0 aromatic rings. The first-order valence-electron chi connectivity index (χ1n) is 2.67. The fourth-order valence-corrected chi connectivity index (χ4v) is 0. The van der Waals surface area contributed by atoms with Crippen LogP contribution in [0, 0.1) is 0 Å². The zero-order chi connectivity index (χ0) is 18.0. The minimum Gasteiger partial charge on any atom is -0.759 e. The van der Waals surface area contributed by atoms with Gasteiger partial charge >= 0.3 is 130 Å². The maximum atomic E-state index is 8.52. The van der Waals surface area contributed by atoms with E-state index in [2.05, 4.69) is 0 Å². The van der Waals surface area contributed by atoms with Gasteiger partial charge in [0, 0.05) is 41.6 Å². The smallest absolute Gasteiger partial charge is 0.759 e. The molecule has 0 rings (SSSR count). The molecule has 0 saturated carbocycles. The first-order valence-corrected chi connectivity index (χ1v) is 8.00. The van der Waals surface area contributed by atoms with Gasteiger partial charge in [-0.15, -0.1) is 0 Å². The Morgan fingerprint density at radius 1 is 0.333 bits per heavy atom. The number of hydrogen-bond acceptors (Lipinski definition) is 16. The van der Waals surface area contributed by atoms with E-state index in [1.807, 2.05) is 0 Å². The van der Waals surface area contributed by atoms with E-state index in [1.165, 1.54) is 0 Å². The van der Waals surface area contributed by atoms with Gasteiger partial charge in [0.1, 0.15) is 0 Å². The van der Waals surface area contributed by atoms with E-state index in [0.29, 0.717) is 0 Å². The molecule has 16 nitrogen and oxygen atoms in total. The molecule has 0 atom stereocenters. The van der Waals surface area contributed by atoms with Gasteiger partial charge in [-0.25, -0.2) is 0 Å². The van der Waals surface area contributed by atoms with Crippen LogP contribution in [0.25, 0.3) is 0 Å². The molecule has 0 aliphatic heterocycles. The minimum atomic E-state index is -5.17. The Labute approximate surface area is 237 Å². The van der Waals surface area contributed by atoms with Crippen molar-refractivity contribution in [2.45, 2.75) is 0 Å². The molecule has 24 heteroatoms.